The molecule has 1 aromatic carbocycles. The van der Waals surface area contributed by atoms with E-state index in [-0.39, 0.29) is 30.3 Å². The molecule has 0 radical (unpaired) electrons. The highest BCUT2D eigenvalue weighted by molar-refractivity contribution is 5.93. The van der Waals surface area contributed by atoms with E-state index < -0.39 is 0 Å². The van der Waals surface area contributed by atoms with Crippen molar-refractivity contribution >= 4 is 24.0 Å². The summed E-state index contributed by atoms with van der Waals surface area (Å²) in [4.78, 5) is 11.9. The fourth-order valence-electron chi connectivity index (χ4n) is 1.37. The van der Waals surface area contributed by atoms with Gasteiger partial charge in [-0.15, -0.1) is 12.4 Å². The molecule has 1 rings (SSSR count). The van der Waals surface area contributed by atoms with E-state index in [1.54, 1.807) is 46.3 Å². The van der Waals surface area contributed by atoms with Crippen LogP contribution in [0.25, 0.3) is 0 Å². The van der Waals surface area contributed by atoms with Gasteiger partial charge in [-0.2, -0.15) is 0 Å². The van der Waals surface area contributed by atoms with Crippen molar-refractivity contribution in [2.24, 2.45) is 11.7 Å². The van der Waals surface area contributed by atoms with Gasteiger partial charge in [0.05, 0.1) is 20.1 Å². The highest BCUT2D eigenvalue weighted by Crippen LogP contribution is 2.26. The van der Waals surface area contributed by atoms with Crippen molar-refractivity contribution in [3.05, 3.63) is 18.2 Å². The number of hydrogen-bond donors (Lipinski definition) is 2. The Labute approximate surface area is 119 Å². The molecule has 108 valence electrons. The van der Waals surface area contributed by atoms with Crippen LogP contribution in [0.3, 0.4) is 0 Å². The predicted molar refractivity (Wildman–Crippen MR) is 78.2 cm³/mol. The van der Waals surface area contributed by atoms with Crippen molar-refractivity contribution < 1.29 is 14.3 Å². The molecule has 2 atom stereocenters. The molecule has 0 saturated carbocycles. The molecule has 0 spiro atoms. The number of carbonyl (C=O) groups excluding carboxylic acids is 1. The smallest absolute Gasteiger partial charge is 0.228 e. The zero-order valence-electron chi connectivity index (χ0n) is 11.6. The number of anilines is 1. The topological polar surface area (TPSA) is 73.6 Å². The highest BCUT2D eigenvalue weighted by Gasteiger charge is 2.17. The molecule has 0 aromatic heterocycles. The first kappa shape index (κ1) is 17.5. The number of nitrogens with one attached hydrogen (secondary N) is 1. The molecule has 0 heterocycles. The summed E-state index contributed by atoms with van der Waals surface area (Å²) >= 11 is 0. The zero-order valence-corrected chi connectivity index (χ0v) is 12.4. The second kappa shape index (κ2) is 7.86. The lowest BCUT2D eigenvalue weighted by Gasteiger charge is -2.16. The first-order chi connectivity index (χ1) is 8.47. The third kappa shape index (κ3) is 4.96. The van der Waals surface area contributed by atoms with Crippen LogP contribution in [0, 0.1) is 5.92 Å². The van der Waals surface area contributed by atoms with Gasteiger partial charge in [-0.05, 0) is 6.92 Å². The maximum Gasteiger partial charge on any atom is 0.228 e. The van der Waals surface area contributed by atoms with Crippen molar-refractivity contribution in [3.8, 4) is 11.5 Å². The molecule has 0 aliphatic rings. The fourth-order valence-corrected chi connectivity index (χ4v) is 1.37. The minimum Gasteiger partial charge on any atom is -0.497 e. The Kier molecular flexibility index (Phi) is 7.26. The molecule has 5 nitrogen and oxygen atoms in total. The molecule has 0 bridgehead atoms. The van der Waals surface area contributed by atoms with Crippen LogP contribution < -0.4 is 20.5 Å². The number of rotatable bonds is 5. The molecule has 1 amide bonds. The molecule has 0 saturated heterocycles. The van der Waals surface area contributed by atoms with Crippen LogP contribution in [0.2, 0.25) is 0 Å². The molecular formula is C13H21ClN2O3. The Morgan fingerprint density at radius 1 is 1.16 bits per heavy atom. The molecular weight excluding hydrogens is 268 g/mol. The maximum absolute atomic E-state index is 11.9. The first-order valence-electron chi connectivity index (χ1n) is 5.77. The van der Waals surface area contributed by atoms with E-state index in [4.69, 9.17) is 15.2 Å². The minimum atomic E-state index is -0.262. The summed E-state index contributed by atoms with van der Waals surface area (Å²) in [5, 5.41) is 2.79. The van der Waals surface area contributed by atoms with Crippen LogP contribution in [0.5, 0.6) is 11.5 Å². The second-order valence-electron chi connectivity index (χ2n) is 4.24. The Morgan fingerprint density at radius 3 is 2.00 bits per heavy atom. The summed E-state index contributed by atoms with van der Waals surface area (Å²) in [5.41, 5.74) is 6.32. The van der Waals surface area contributed by atoms with Gasteiger partial charge in [0, 0.05) is 29.9 Å². The van der Waals surface area contributed by atoms with E-state index in [9.17, 15) is 4.79 Å². The van der Waals surface area contributed by atoms with Crippen LogP contribution in [-0.4, -0.2) is 26.2 Å². The average Bonchev–Trinajstić information content (AvgIpc) is 2.36. The summed E-state index contributed by atoms with van der Waals surface area (Å²) in [6.07, 6.45) is 0. The summed E-state index contributed by atoms with van der Waals surface area (Å²) in [7, 11) is 3.12. The number of nitrogens with two attached hydrogens (primary N) is 1. The predicted octanol–water partition coefficient (Wildman–Crippen LogP) is 2.05. The van der Waals surface area contributed by atoms with E-state index in [1.807, 2.05) is 0 Å². The molecule has 6 heteroatoms. The van der Waals surface area contributed by atoms with Gasteiger partial charge in [0.25, 0.3) is 0 Å². The molecule has 19 heavy (non-hydrogen) atoms. The lowest BCUT2D eigenvalue weighted by atomic mass is 10.0. The molecule has 0 fully saturated rings. The van der Waals surface area contributed by atoms with Gasteiger partial charge >= 0.3 is 0 Å². The number of halogens is 1. The van der Waals surface area contributed by atoms with E-state index in [0.717, 1.165) is 0 Å². The van der Waals surface area contributed by atoms with Crippen molar-refractivity contribution in [3.63, 3.8) is 0 Å². The van der Waals surface area contributed by atoms with E-state index in [1.165, 1.54) is 0 Å². The second-order valence-corrected chi connectivity index (χ2v) is 4.24. The Morgan fingerprint density at radius 2 is 1.63 bits per heavy atom. The number of carbonyl (C=O) groups is 1. The molecule has 1 aromatic rings. The monoisotopic (exact) mass is 288 g/mol. The quantitative estimate of drug-likeness (QED) is 0.870. The normalized spacial score (nSPS) is 12.9. The third-order valence-corrected chi connectivity index (χ3v) is 2.82. The molecule has 0 aliphatic heterocycles. The van der Waals surface area contributed by atoms with E-state index in [2.05, 4.69) is 5.32 Å². The zero-order chi connectivity index (χ0) is 13.7. The summed E-state index contributed by atoms with van der Waals surface area (Å²) in [6.45, 7) is 3.59. The van der Waals surface area contributed by atoms with E-state index in [0.29, 0.717) is 17.2 Å². The molecule has 2 unspecified atom stereocenters. The maximum atomic E-state index is 11.9. The summed E-state index contributed by atoms with van der Waals surface area (Å²) in [5.74, 6) is 0.860. The SMILES string of the molecule is COc1cc(NC(=O)C(C)C(C)N)cc(OC)c1.Cl. The van der Waals surface area contributed by atoms with Crippen LogP contribution in [0.15, 0.2) is 18.2 Å². The number of ether oxygens (including phenoxy) is 2. The van der Waals surface area contributed by atoms with Gasteiger partial charge in [0.2, 0.25) is 5.91 Å². The highest BCUT2D eigenvalue weighted by atomic mass is 35.5. The van der Waals surface area contributed by atoms with Crippen LogP contribution in [0.4, 0.5) is 5.69 Å². The Balaban J connectivity index is 0.00000324. The van der Waals surface area contributed by atoms with Crippen molar-refractivity contribution in [1.82, 2.24) is 0 Å². The van der Waals surface area contributed by atoms with Crippen LogP contribution in [0.1, 0.15) is 13.8 Å². The minimum absolute atomic E-state index is 0. The van der Waals surface area contributed by atoms with Gasteiger partial charge in [-0.3, -0.25) is 4.79 Å². The summed E-state index contributed by atoms with van der Waals surface area (Å²) in [6, 6.07) is 5.00. The van der Waals surface area contributed by atoms with Gasteiger partial charge in [-0.1, -0.05) is 6.92 Å². The number of amides is 1. The van der Waals surface area contributed by atoms with Gasteiger partial charge < -0.3 is 20.5 Å². The van der Waals surface area contributed by atoms with Gasteiger partial charge in [0.1, 0.15) is 11.5 Å². The van der Waals surface area contributed by atoms with Crippen LogP contribution >= 0.6 is 12.4 Å². The lowest BCUT2D eigenvalue weighted by molar-refractivity contribution is -0.119. The van der Waals surface area contributed by atoms with Crippen molar-refractivity contribution in [1.29, 1.82) is 0 Å². The van der Waals surface area contributed by atoms with Gasteiger partial charge in [-0.25, -0.2) is 0 Å². The molecule has 3 N–H and O–H groups in total. The Hall–Kier alpha value is -1.46. The number of benzene rings is 1. The third-order valence-electron chi connectivity index (χ3n) is 2.82. The Bertz CT molecular complexity index is 402. The summed E-state index contributed by atoms with van der Waals surface area (Å²) < 4.78 is 10.3. The standard InChI is InChI=1S/C13H20N2O3.ClH/c1-8(9(2)14)13(16)15-10-5-11(17-3)7-12(6-10)18-4;/h5-9H,14H2,1-4H3,(H,15,16);1H. The number of methoxy groups -OCH3 is 2. The number of hydrogen-bond acceptors (Lipinski definition) is 4. The molecule has 0 aliphatic carbocycles. The first-order valence-corrected chi connectivity index (χ1v) is 5.77. The average molecular weight is 289 g/mol. The van der Waals surface area contributed by atoms with Crippen molar-refractivity contribution in [2.45, 2.75) is 19.9 Å². The van der Waals surface area contributed by atoms with E-state index >= 15 is 0 Å². The van der Waals surface area contributed by atoms with Gasteiger partial charge in [0.15, 0.2) is 0 Å². The lowest BCUT2D eigenvalue weighted by Crippen LogP contribution is -2.34. The van der Waals surface area contributed by atoms with Crippen LogP contribution in [-0.2, 0) is 4.79 Å². The van der Waals surface area contributed by atoms with Crippen molar-refractivity contribution in [2.75, 3.05) is 19.5 Å². The largest absolute Gasteiger partial charge is 0.497 e. The fraction of sp³-hybridized carbons (Fsp3) is 0.462.